The standard InChI is InChI=1S/C14H14ClN3O3/c1-21-8-7-18-9-10(4-5-12(18)19)17-14(20)11-3-2-6-16-13(11)15/h2-6,9H,7-8H2,1H3,(H,17,20). The molecule has 0 radical (unpaired) electrons. The van der Waals surface area contributed by atoms with Crippen molar-refractivity contribution < 1.29 is 9.53 Å². The first kappa shape index (κ1) is 15.2. The molecule has 0 unspecified atom stereocenters. The van der Waals surface area contributed by atoms with Gasteiger partial charge in [-0.1, -0.05) is 11.6 Å². The van der Waals surface area contributed by atoms with Crippen LogP contribution in [0.1, 0.15) is 10.4 Å². The van der Waals surface area contributed by atoms with Gasteiger partial charge in [0.05, 0.1) is 17.9 Å². The van der Waals surface area contributed by atoms with Crippen molar-refractivity contribution >= 4 is 23.2 Å². The molecule has 2 heterocycles. The van der Waals surface area contributed by atoms with Gasteiger partial charge in [0, 0.05) is 32.1 Å². The van der Waals surface area contributed by atoms with E-state index in [-0.39, 0.29) is 22.2 Å². The normalized spacial score (nSPS) is 10.4. The molecule has 0 fully saturated rings. The van der Waals surface area contributed by atoms with Gasteiger partial charge in [0.25, 0.3) is 11.5 Å². The molecule has 0 bridgehead atoms. The summed E-state index contributed by atoms with van der Waals surface area (Å²) in [5, 5.41) is 2.81. The average Bonchev–Trinajstić information content (AvgIpc) is 2.48. The molecule has 0 aliphatic rings. The third-order valence-corrected chi connectivity index (χ3v) is 3.08. The minimum Gasteiger partial charge on any atom is -0.383 e. The molecule has 21 heavy (non-hydrogen) atoms. The fraction of sp³-hybridized carbons (Fsp3) is 0.214. The van der Waals surface area contributed by atoms with Crippen molar-refractivity contribution in [1.29, 1.82) is 0 Å². The number of pyridine rings is 2. The first-order valence-corrected chi connectivity index (χ1v) is 6.61. The molecule has 0 saturated heterocycles. The van der Waals surface area contributed by atoms with Crippen LogP contribution in [0.3, 0.4) is 0 Å². The lowest BCUT2D eigenvalue weighted by Gasteiger charge is -2.09. The third kappa shape index (κ3) is 3.90. The molecule has 2 rings (SSSR count). The number of hydrogen-bond donors (Lipinski definition) is 1. The van der Waals surface area contributed by atoms with Crippen molar-refractivity contribution in [3.8, 4) is 0 Å². The Kier molecular flexibility index (Phi) is 5.08. The summed E-state index contributed by atoms with van der Waals surface area (Å²) in [6.07, 6.45) is 3.06. The number of anilines is 1. The molecule has 2 aromatic rings. The van der Waals surface area contributed by atoms with E-state index in [4.69, 9.17) is 16.3 Å². The predicted octanol–water partition coefficient (Wildman–Crippen LogP) is 1.80. The number of hydrogen-bond acceptors (Lipinski definition) is 4. The lowest BCUT2D eigenvalue weighted by molar-refractivity contribution is 0.102. The fourth-order valence-corrected chi connectivity index (χ4v) is 1.93. The van der Waals surface area contributed by atoms with Crippen LogP contribution in [0.25, 0.3) is 0 Å². The van der Waals surface area contributed by atoms with Gasteiger partial charge in [-0.25, -0.2) is 4.98 Å². The third-order valence-electron chi connectivity index (χ3n) is 2.78. The Morgan fingerprint density at radius 2 is 2.24 bits per heavy atom. The Bertz CT molecular complexity index is 700. The maximum absolute atomic E-state index is 12.1. The van der Waals surface area contributed by atoms with Crippen LogP contribution >= 0.6 is 11.6 Å². The largest absolute Gasteiger partial charge is 0.383 e. The predicted molar refractivity (Wildman–Crippen MR) is 79.8 cm³/mol. The van der Waals surface area contributed by atoms with Gasteiger partial charge < -0.3 is 14.6 Å². The highest BCUT2D eigenvalue weighted by Gasteiger charge is 2.11. The molecule has 0 atom stereocenters. The second-order valence-electron chi connectivity index (χ2n) is 4.24. The van der Waals surface area contributed by atoms with Gasteiger partial charge >= 0.3 is 0 Å². The Labute approximate surface area is 126 Å². The quantitative estimate of drug-likeness (QED) is 0.855. The zero-order valence-corrected chi connectivity index (χ0v) is 12.1. The van der Waals surface area contributed by atoms with Gasteiger partial charge in [-0.05, 0) is 18.2 Å². The van der Waals surface area contributed by atoms with Crippen molar-refractivity contribution in [2.24, 2.45) is 0 Å². The Balaban J connectivity index is 2.18. The van der Waals surface area contributed by atoms with Gasteiger partial charge in [0.2, 0.25) is 0 Å². The lowest BCUT2D eigenvalue weighted by atomic mass is 10.2. The molecular formula is C14H14ClN3O3. The van der Waals surface area contributed by atoms with Crippen LogP contribution in [0, 0.1) is 0 Å². The van der Waals surface area contributed by atoms with Crippen molar-refractivity contribution in [3.63, 3.8) is 0 Å². The number of carbonyl (C=O) groups is 1. The molecule has 7 heteroatoms. The number of amides is 1. The number of ether oxygens (including phenoxy) is 1. The second-order valence-corrected chi connectivity index (χ2v) is 4.60. The average molecular weight is 308 g/mol. The minimum absolute atomic E-state index is 0.128. The van der Waals surface area contributed by atoms with Crippen LogP contribution in [0.4, 0.5) is 5.69 Å². The highest BCUT2D eigenvalue weighted by Crippen LogP contribution is 2.14. The number of methoxy groups -OCH3 is 1. The smallest absolute Gasteiger partial charge is 0.258 e. The van der Waals surface area contributed by atoms with Crippen LogP contribution in [0.5, 0.6) is 0 Å². The van der Waals surface area contributed by atoms with Crippen LogP contribution in [0.2, 0.25) is 5.15 Å². The van der Waals surface area contributed by atoms with E-state index < -0.39 is 0 Å². The maximum Gasteiger partial charge on any atom is 0.258 e. The zero-order chi connectivity index (χ0) is 15.2. The van der Waals surface area contributed by atoms with Gasteiger partial charge in [-0.3, -0.25) is 9.59 Å². The van der Waals surface area contributed by atoms with E-state index in [1.54, 1.807) is 25.4 Å². The summed E-state index contributed by atoms with van der Waals surface area (Å²) in [4.78, 5) is 27.6. The summed E-state index contributed by atoms with van der Waals surface area (Å²) in [7, 11) is 1.56. The molecular weight excluding hydrogens is 294 g/mol. The molecule has 0 aliphatic heterocycles. The SMILES string of the molecule is COCCn1cc(NC(=O)c2cccnc2Cl)ccc1=O. The molecule has 0 saturated carbocycles. The van der Waals surface area contributed by atoms with Gasteiger partial charge in [0.15, 0.2) is 0 Å². The Morgan fingerprint density at radius 1 is 1.43 bits per heavy atom. The summed E-state index contributed by atoms with van der Waals surface area (Å²) in [5.41, 5.74) is 0.605. The Morgan fingerprint density at radius 3 is 2.95 bits per heavy atom. The highest BCUT2D eigenvalue weighted by atomic mass is 35.5. The summed E-state index contributed by atoms with van der Waals surface area (Å²) in [5.74, 6) is -0.384. The molecule has 0 aromatic carbocycles. The summed E-state index contributed by atoms with van der Waals surface area (Å²) >= 11 is 5.87. The van der Waals surface area contributed by atoms with E-state index in [9.17, 15) is 9.59 Å². The minimum atomic E-state index is -0.384. The number of carbonyl (C=O) groups excluding carboxylic acids is 1. The molecule has 1 N–H and O–H groups in total. The number of rotatable bonds is 5. The summed E-state index contributed by atoms with van der Waals surface area (Å²) in [6.45, 7) is 0.818. The summed E-state index contributed by atoms with van der Waals surface area (Å²) in [6, 6.07) is 6.12. The first-order valence-electron chi connectivity index (χ1n) is 6.23. The maximum atomic E-state index is 12.1. The first-order chi connectivity index (χ1) is 10.1. The van der Waals surface area contributed by atoms with Crippen molar-refractivity contribution in [2.75, 3.05) is 19.0 Å². The van der Waals surface area contributed by atoms with Crippen molar-refractivity contribution in [2.45, 2.75) is 6.54 Å². The lowest BCUT2D eigenvalue weighted by Crippen LogP contribution is -2.22. The van der Waals surface area contributed by atoms with Crippen LogP contribution in [-0.2, 0) is 11.3 Å². The number of halogens is 1. The van der Waals surface area contributed by atoms with E-state index >= 15 is 0 Å². The van der Waals surface area contributed by atoms with Gasteiger partial charge in [0.1, 0.15) is 5.15 Å². The van der Waals surface area contributed by atoms with E-state index in [0.717, 1.165) is 0 Å². The van der Waals surface area contributed by atoms with Crippen molar-refractivity contribution in [3.05, 3.63) is 57.7 Å². The van der Waals surface area contributed by atoms with Crippen LogP contribution < -0.4 is 10.9 Å². The van der Waals surface area contributed by atoms with E-state index in [1.165, 1.54) is 22.9 Å². The van der Waals surface area contributed by atoms with Crippen LogP contribution in [-0.4, -0.2) is 29.2 Å². The van der Waals surface area contributed by atoms with Gasteiger partial charge in [-0.2, -0.15) is 0 Å². The Hall–Kier alpha value is -2.18. The molecule has 2 aromatic heterocycles. The zero-order valence-electron chi connectivity index (χ0n) is 11.4. The number of nitrogens with one attached hydrogen (secondary N) is 1. The van der Waals surface area contributed by atoms with Crippen LogP contribution in [0.15, 0.2) is 41.5 Å². The molecule has 1 amide bonds. The fourth-order valence-electron chi connectivity index (χ4n) is 1.72. The number of nitrogens with zero attached hydrogens (tertiary/aromatic N) is 2. The van der Waals surface area contributed by atoms with E-state index in [0.29, 0.717) is 18.8 Å². The number of aromatic nitrogens is 2. The highest BCUT2D eigenvalue weighted by molar-refractivity contribution is 6.33. The molecule has 0 spiro atoms. The molecule has 0 aliphatic carbocycles. The molecule has 6 nitrogen and oxygen atoms in total. The van der Waals surface area contributed by atoms with Gasteiger partial charge in [-0.15, -0.1) is 0 Å². The topological polar surface area (TPSA) is 73.2 Å². The second kappa shape index (κ2) is 7.01. The summed E-state index contributed by atoms with van der Waals surface area (Å²) < 4.78 is 6.40. The molecule has 110 valence electrons. The van der Waals surface area contributed by atoms with E-state index in [1.807, 2.05) is 0 Å². The monoisotopic (exact) mass is 307 g/mol. The van der Waals surface area contributed by atoms with Crippen molar-refractivity contribution in [1.82, 2.24) is 9.55 Å². The van der Waals surface area contributed by atoms with E-state index in [2.05, 4.69) is 10.3 Å².